The van der Waals surface area contributed by atoms with Crippen LogP contribution < -0.4 is 10.6 Å². The van der Waals surface area contributed by atoms with Crippen molar-refractivity contribution in [3.8, 4) is 0 Å². The van der Waals surface area contributed by atoms with Crippen LogP contribution in [0.5, 0.6) is 0 Å². The number of fused-ring (bicyclic) bond motifs is 1. The summed E-state index contributed by atoms with van der Waals surface area (Å²) in [7, 11) is 7.60. The molecule has 10 heteroatoms. The molecule has 2 heterocycles. The van der Waals surface area contributed by atoms with Crippen molar-refractivity contribution in [1.29, 1.82) is 0 Å². The van der Waals surface area contributed by atoms with Gasteiger partial charge in [0.05, 0.1) is 12.6 Å². The standard InChI is InChI=1S/C20H30ClN7O.HI/c1-22-20(23-11-17(27(2)3)14-5-7-15(21)8-6-14)24-16-9-10-19-25-18(13-29-4)26-28(19)12-16;/h5-8,16-17H,9-13H2,1-4H3,(H2,22,23,24);1H. The van der Waals surface area contributed by atoms with Crippen LogP contribution in [0.15, 0.2) is 29.3 Å². The third kappa shape index (κ3) is 6.53. The molecule has 0 radical (unpaired) electrons. The average Bonchev–Trinajstić information content (AvgIpc) is 3.10. The lowest BCUT2D eigenvalue weighted by Gasteiger charge is -2.28. The molecule has 0 bridgehead atoms. The van der Waals surface area contributed by atoms with Gasteiger partial charge < -0.3 is 20.3 Å². The Morgan fingerprint density at radius 2 is 2.10 bits per heavy atom. The number of aryl methyl sites for hydroxylation is 1. The fourth-order valence-electron chi connectivity index (χ4n) is 3.53. The molecule has 2 atom stereocenters. The van der Waals surface area contributed by atoms with Crippen LogP contribution in [0, 0.1) is 0 Å². The number of aromatic nitrogens is 3. The Kier molecular flexibility index (Phi) is 9.79. The van der Waals surface area contributed by atoms with E-state index in [4.69, 9.17) is 16.3 Å². The van der Waals surface area contributed by atoms with E-state index in [2.05, 4.69) is 56.8 Å². The lowest BCUT2D eigenvalue weighted by Crippen LogP contribution is -2.48. The number of nitrogens with one attached hydrogen (secondary N) is 2. The number of aliphatic imine (C=N–C) groups is 1. The van der Waals surface area contributed by atoms with Gasteiger partial charge >= 0.3 is 0 Å². The third-order valence-corrected chi connectivity index (χ3v) is 5.33. The number of ether oxygens (including phenoxy) is 1. The van der Waals surface area contributed by atoms with Crippen LogP contribution in [-0.2, 0) is 24.3 Å². The molecular weight excluding hydrogens is 517 g/mol. The number of halogens is 2. The maximum absolute atomic E-state index is 6.03. The van der Waals surface area contributed by atoms with E-state index in [1.54, 1.807) is 14.2 Å². The number of guanidine groups is 1. The molecule has 0 saturated heterocycles. The van der Waals surface area contributed by atoms with E-state index in [1.807, 2.05) is 16.8 Å². The highest BCUT2D eigenvalue weighted by atomic mass is 127. The Bertz CT molecular complexity index is 825. The van der Waals surface area contributed by atoms with Gasteiger partial charge in [0.1, 0.15) is 12.4 Å². The summed E-state index contributed by atoms with van der Waals surface area (Å²) in [6.45, 7) is 1.94. The van der Waals surface area contributed by atoms with Crippen LogP contribution in [0.1, 0.15) is 29.7 Å². The molecule has 1 aliphatic rings. The normalized spacial score (nSPS) is 17.3. The van der Waals surface area contributed by atoms with Gasteiger partial charge in [-0.05, 0) is 38.2 Å². The van der Waals surface area contributed by atoms with E-state index in [1.165, 1.54) is 5.56 Å². The number of likely N-dealkylation sites (N-methyl/N-ethyl adjacent to an activating group) is 1. The first-order valence-electron chi connectivity index (χ1n) is 9.80. The van der Waals surface area contributed by atoms with Crippen LogP contribution in [0.3, 0.4) is 0 Å². The Labute approximate surface area is 200 Å². The largest absolute Gasteiger partial charge is 0.377 e. The summed E-state index contributed by atoms with van der Waals surface area (Å²) in [5, 5.41) is 12.3. The zero-order valence-electron chi connectivity index (χ0n) is 17.9. The van der Waals surface area contributed by atoms with Crippen LogP contribution >= 0.6 is 35.6 Å². The van der Waals surface area contributed by atoms with E-state index in [9.17, 15) is 0 Å². The highest BCUT2D eigenvalue weighted by molar-refractivity contribution is 14.0. The number of nitrogens with zero attached hydrogens (tertiary/aromatic N) is 5. The monoisotopic (exact) mass is 547 g/mol. The second-order valence-electron chi connectivity index (χ2n) is 7.42. The predicted molar refractivity (Wildman–Crippen MR) is 131 cm³/mol. The minimum absolute atomic E-state index is 0. The molecule has 30 heavy (non-hydrogen) atoms. The zero-order valence-corrected chi connectivity index (χ0v) is 21.0. The summed E-state index contributed by atoms with van der Waals surface area (Å²) in [4.78, 5) is 11.1. The van der Waals surface area contributed by atoms with Crippen LogP contribution in [0.4, 0.5) is 0 Å². The zero-order chi connectivity index (χ0) is 20.8. The summed E-state index contributed by atoms with van der Waals surface area (Å²) in [6.07, 6.45) is 1.87. The van der Waals surface area contributed by atoms with Gasteiger partial charge in [-0.25, -0.2) is 9.67 Å². The van der Waals surface area contributed by atoms with Crippen molar-refractivity contribution in [2.45, 2.75) is 38.1 Å². The molecule has 0 fully saturated rings. The molecular formula is C20H31ClIN7O. The Morgan fingerprint density at radius 3 is 2.73 bits per heavy atom. The van der Waals surface area contributed by atoms with Crippen LogP contribution in [0.2, 0.25) is 5.02 Å². The van der Waals surface area contributed by atoms with E-state index in [-0.39, 0.29) is 36.1 Å². The van der Waals surface area contributed by atoms with Gasteiger partial charge in [-0.3, -0.25) is 4.99 Å². The van der Waals surface area contributed by atoms with Gasteiger partial charge in [0, 0.05) is 38.2 Å². The molecule has 1 aromatic heterocycles. The van der Waals surface area contributed by atoms with Gasteiger partial charge in [-0.1, -0.05) is 23.7 Å². The summed E-state index contributed by atoms with van der Waals surface area (Å²) in [6, 6.07) is 8.44. The number of methoxy groups -OCH3 is 1. The molecule has 2 aromatic rings. The molecule has 0 saturated carbocycles. The molecule has 1 aromatic carbocycles. The Balaban J connectivity index is 0.00000320. The number of rotatable bonds is 7. The highest BCUT2D eigenvalue weighted by Gasteiger charge is 2.23. The molecule has 166 valence electrons. The van der Waals surface area contributed by atoms with E-state index in [0.29, 0.717) is 6.61 Å². The van der Waals surface area contributed by atoms with Crippen molar-refractivity contribution in [2.24, 2.45) is 4.99 Å². The third-order valence-electron chi connectivity index (χ3n) is 5.08. The fraction of sp³-hybridized carbons (Fsp3) is 0.550. The van der Waals surface area contributed by atoms with Crippen molar-refractivity contribution in [3.05, 3.63) is 46.5 Å². The number of hydrogen-bond acceptors (Lipinski definition) is 5. The van der Waals surface area contributed by atoms with Crippen molar-refractivity contribution >= 4 is 41.5 Å². The maximum atomic E-state index is 6.03. The second kappa shape index (κ2) is 11.8. The summed E-state index contributed by atoms with van der Waals surface area (Å²) in [5.74, 6) is 2.55. The van der Waals surface area contributed by atoms with Gasteiger partial charge in [0.25, 0.3) is 0 Å². The van der Waals surface area contributed by atoms with Crippen molar-refractivity contribution in [2.75, 3.05) is 34.8 Å². The van der Waals surface area contributed by atoms with Crippen molar-refractivity contribution in [3.63, 3.8) is 0 Å². The van der Waals surface area contributed by atoms with Crippen LogP contribution in [0.25, 0.3) is 0 Å². The topological polar surface area (TPSA) is 79.6 Å². The van der Waals surface area contributed by atoms with Crippen LogP contribution in [-0.4, -0.2) is 66.5 Å². The SMILES string of the molecule is CN=C(NCC(c1ccc(Cl)cc1)N(C)C)NC1CCc2nc(COC)nn2C1.I. The first kappa shape index (κ1) is 24.8. The Morgan fingerprint density at radius 1 is 1.37 bits per heavy atom. The van der Waals surface area contributed by atoms with E-state index < -0.39 is 0 Å². The maximum Gasteiger partial charge on any atom is 0.191 e. The lowest BCUT2D eigenvalue weighted by atomic mass is 10.1. The number of hydrogen-bond donors (Lipinski definition) is 2. The fourth-order valence-corrected chi connectivity index (χ4v) is 3.66. The average molecular weight is 548 g/mol. The molecule has 0 amide bonds. The summed E-state index contributed by atoms with van der Waals surface area (Å²) in [5.41, 5.74) is 1.21. The molecule has 2 N–H and O–H groups in total. The van der Waals surface area contributed by atoms with Gasteiger partial charge in [0.15, 0.2) is 11.8 Å². The molecule has 0 aliphatic carbocycles. The minimum Gasteiger partial charge on any atom is -0.377 e. The minimum atomic E-state index is 0. The quantitative estimate of drug-likeness (QED) is 0.315. The molecule has 0 spiro atoms. The van der Waals surface area contributed by atoms with Gasteiger partial charge in [-0.2, -0.15) is 5.10 Å². The second-order valence-corrected chi connectivity index (χ2v) is 7.86. The molecule has 8 nitrogen and oxygen atoms in total. The van der Waals surface area contributed by atoms with Gasteiger partial charge in [-0.15, -0.1) is 24.0 Å². The molecule has 2 unspecified atom stereocenters. The smallest absolute Gasteiger partial charge is 0.191 e. The van der Waals surface area contributed by atoms with E-state index >= 15 is 0 Å². The van der Waals surface area contributed by atoms with Crippen molar-refractivity contribution in [1.82, 2.24) is 30.3 Å². The predicted octanol–water partition coefficient (Wildman–Crippen LogP) is 2.48. The first-order chi connectivity index (χ1) is 14.0. The summed E-state index contributed by atoms with van der Waals surface area (Å²) >= 11 is 6.03. The first-order valence-corrected chi connectivity index (χ1v) is 10.2. The summed E-state index contributed by atoms with van der Waals surface area (Å²) < 4.78 is 7.11. The Hall–Kier alpha value is -1.43. The highest BCUT2D eigenvalue weighted by Crippen LogP contribution is 2.20. The molecule has 1 aliphatic heterocycles. The van der Waals surface area contributed by atoms with E-state index in [0.717, 1.165) is 48.6 Å². The lowest BCUT2D eigenvalue weighted by molar-refractivity contribution is 0.177. The van der Waals surface area contributed by atoms with Gasteiger partial charge in [0.2, 0.25) is 0 Å². The number of benzene rings is 1. The molecule has 3 rings (SSSR count). The van der Waals surface area contributed by atoms with Crippen molar-refractivity contribution < 1.29 is 4.74 Å².